The Morgan fingerprint density at radius 3 is 2.74 bits per heavy atom. The number of para-hydroxylation sites is 1. The van der Waals surface area contributed by atoms with Gasteiger partial charge in [-0.25, -0.2) is 0 Å². The predicted molar refractivity (Wildman–Crippen MR) is 77.5 cm³/mol. The number of amides is 1. The minimum atomic E-state index is 0. The molecule has 1 fully saturated rings. The van der Waals surface area contributed by atoms with E-state index < -0.39 is 0 Å². The highest BCUT2D eigenvalue weighted by molar-refractivity contribution is 5.85. The highest BCUT2D eigenvalue weighted by Crippen LogP contribution is 2.19. The Morgan fingerprint density at radius 2 is 2.16 bits per heavy atom. The van der Waals surface area contributed by atoms with Crippen LogP contribution in [0, 0.1) is 5.92 Å². The van der Waals surface area contributed by atoms with Crippen molar-refractivity contribution in [3.63, 3.8) is 0 Å². The molecule has 1 saturated heterocycles. The van der Waals surface area contributed by atoms with Crippen LogP contribution in [0.1, 0.15) is 13.3 Å². The van der Waals surface area contributed by atoms with E-state index in [2.05, 4.69) is 0 Å². The van der Waals surface area contributed by atoms with Crippen LogP contribution >= 0.6 is 12.4 Å². The summed E-state index contributed by atoms with van der Waals surface area (Å²) < 4.78 is 5.45. The first-order valence-corrected chi connectivity index (χ1v) is 6.38. The van der Waals surface area contributed by atoms with E-state index in [1.807, 2.05) is 42.2 Å². The second kappa shape index (κ2) is 7.36. The van der Waals surface area contributed by atoms with Gasteiger partial charge in [0.15, 0.2) is 6.61 Å². The fourth-order valence-electron chi connectivity index (χ4n) is 2.20. The van der Waals surface area contributed by atoms with Gasteiger partial charge in [0.25, 0.3) is 5.91 Å². The van der Waals surface area contributed by atoms with Gasteiger partial charge in [0, 0.05) is 19.1 Å². The molecule has 0 spiro atoms. The Hall–Kier alpha value is -1.26. The summed E-state index contributed by atoms with van der Waals surface area (Å²) in [7, 11) is 0. The van der Waals surface area contributed by atoms with Gasteiger partial charge < -0.3 is 15.4 Å². The SMILES string of the molecule is CC(N)C1CCN(C(=O)COc2ccccc2)C1.Cl. The topological polar surface area (TPSA) is 55.6 Å². The number of benzene rings is 1. The Balaban J connectivity index is 0.00000180. The van der Waals surface area contributed by atoms with Crippen LogP contribution in [0.4, 0.5) is 0 Å². The number of nitrogens with two attached hydrogens (primary N) is 1. The van der Waals surface area contributed by atoms with Crippen molar-refractivity contribution < 1.29 is 9.53 Å². The molecule has 0 aromatic heterocycles. The van der Waals surface area contributed by atoms with E-state index in [0.717, 1.165) is 25.3 Å². The molecule has 2 atom stereocenters. The van der Waals surface area contributed by atoms with E-state index in [0.29, 0.717) is 5.92 Å². The van der Waals surface area contributed by atoms with Crippen LogP contribution in [0.3, 0.4) is 0 Å². The minimum absolute atomic E-state index is 0. The molecular formula is C14H21ClN2O2. The van der Waals surface area contributed by atoms with Crippen molar-refractivity contribution in [1.29, 1.82) is 0 Å². The Kier molecular flexibility index (Phi) is 6.12. The molecule has 1 aromatic rings. The van der Waals surface area contributed by atoms with Gasteiger partial charge in [-0.2, -0.15) is 0 Å². The molecule has 0 bridgehead atoms. The summed E-state index contributed by atoms with van der Waals surface area (Å²) in [4.78, 5) is 13.8. The maximum atomic E-state index is 11.9. The maximum absolute atomic E-state index is 11.9. The highest BCUT2D eigenvalue weighted by atomic mass is 35.5. The zero-order valence-electron chi connectivity index (χ0n) is 11.1. The number of carbonyl (C=O) groups is 1. The van der Waals surface area contributed by atoms with Gasteiger partial charge in [0.2, 0.25) is 0 Å². The molecule has 0 radical (unpaired) electrons. The van der Waals surface area contributed by atoms with Crippen molar-refractivity contribution >= 4 is 18.3 Å². The fraction of sp³-hybridized carbons (Fsp3) is 0.500. The molecule has 4 nitrogen and oxygen atoms in total. The third-order valence-electron chi connectivity index (χ3n) is 3.43. The van der Waals surface area contributed by atoms with Crippen molar-refractivity contribution in [2.75, 3.05) is 19.7 Å². The third-order valence-corrected chi connectivity index (χ3v) is 3.43. The van der Waals surface area contributed by atoms with Crippen molar-refractivity contribution in [1.82, 2.24) is 4.90 Å². The van der Waals surface area contributed by atoms with E-state index in [-0.39, 0.29) is 31.0 Å². The van der Waals surface area contributed by atoms with Crippen molar-refractivity contribution in [3.8, 4) is 5.75 Å². The van der Waals surface area contributed by atoms with E-state index in [1.54, 1.807) is 0 Å². The number of nitrogens with zero attached hydrogens (tertiary/aromatic N) is 1. The number of halogens is 1. The van der Waals surface area contributed by atoms with E-state index in [1.165, 1.54) is 0 Å². The zero-order valence-corrected chi connectivity index (χ0v) is 11.9. The first kappa shape index (κ1) is 15.8. The first-order valence-electron chi connectivity index (χ1n) is 6.38. The summed E-state index contributed by atoms with van der Waals surface area (Å²) >= 11 is 0. The Labute approximate surface area is 120 Å². The fourth-order valence-corrected chi connectivity index (χ4v) is 2.20. The van der Waals surface area contributed by atoms with Crippen LogP contribution in [0.25, 0.3) is 0 Å². The summed E-state index contributed by atoms with van der Waals surface area (Å²) in [5.74, 6) is 1.20. The molecule has 2 rings (SSSR count). The summed E-state index contributed by atoms with van der Waals surface area (Å²) in [6.45, 7) is 3.66. The molecule has 0 saturated carbocycles. The molecule has 5 heteroatoms. The molecule has 2 unspecified atom stereocenters. The average molecular weight is 285 g/mol. The predicted octanol–water partition coefficient (Wildman–Crippen LogP) is 1.68. The molecule has 19 heavy (non-hydrogen) atoms. The number of likely N-dealkylation sites (tertiary alicyclic amines) is 1. The van der Waals surface area contributed by atoms with Crippen LogP contribution in [0.5, 0.6) is 5.75 Å². The molecular weight excluding hydrogens is 264 g/mol. The van der Waals surface area contributed by atoms with Gasteiger partial charge >= 0.3 is 0 Å². The molecule has 0 aliphatic carbocycles. The third kappa shape index (κ3) is 4.40. The lowest BCUT2D eigenvalue weighted by atomic mass is 10.0. The quantitative estimate of drug-likeness (QED) is 0.915. The van der Waals surface area contributed by atoms with E-state index >= 15 is 0 Å². The number of hydrogen-bond donors (Lipinski definition) is 1. The van der Waals surface area contributed by atoms with Crippen molar-refractivity contribution in [2.24, 2.45) is 11.7 Å². The summed E-state index contributed by atoms with van der Waals surface area (Å²) in [5.41, 5.74) is 5.86. The molecule has 1 aliphatic rings. The lowest BCUT2D eigenvalue weighted by molar-refractivity contribution is -0.132. The van der Waals surface area contributed by atoms with Gasteiger partial charge in [0.05, 0.1) is 0 Å². The summed E-state index contributed by atoms with van der Waals surface area (Å²) in [5, 5.41) is 0. The summed E-state index contributed by atoms with van der Waals surface area (Å²) in [6, 6.07) is 9.55. The van der Waals surface area contributed by atoms with Crippen LogP contribution in [-0.4, -0.2) is 36.5 Å². The number of ether oxygens (including phenoxy) is 1. The van der Waals surface area contributed by atoms with Crippen molar-refractivity contribution in [2.45, 2.75) is 19.4 Å². The Bertz CT molecular complexity index is 398. The molecule has 1 amide bonds. The standard InChI is InChI=1S/C14H20N2O2.ClH/c1-11(15)12-7-8-16(9-12)14(17)10-18-13-5-3-2-4-6-13;/h2-6,11-12H,7-10,15H2,1H3;1H. The minimum Gasteiger partial charge on any atom is -0.484 e. The number of hydrogen-bond acceptors (Lipinski definition) is 3. The molecule has 1 heterocycles. The largest absolute Gasteiger partial charge is 0.484 e. The molecule has 1 aliphatic heterocycles. The van der Waals surface area contributed by atoms with Crippen LogP contribution in [0.15, 0.2) is 30.3 Å². The normalized spacial score (nSPS) is 19.7. The highest BCUT2D eigenvalue weighted by Gasteiger charge is 2.28. The molecule has 2 N–H and O–H groups in total. The smallest absolute Gasteiger partial charge is 0.260 e. The van der Waals surface area contributed by atoms with Crippen LogP contribution < -0.4 is 10.5 Å². The van der Waals surface area contributed by atoms with Gasteiger partial charge in [-0.15, -0.1) is 12.4 Å². The van der Waals surface area contributed by atoms with Gasteiger partial charge in [0.1, 0.15) is 5.75 Å². The van der Waals surface area contributed by atoms with Gasteiger partial charge in [-0.1, -0.05) is 18.2 Å². The van der Waals surface area contributed by atoms with E-state index in [4.69, 9.17) is 10.5 Å². The lowest BCUT2D eigenvalue weighted by Gasteiger charge is -2.18. The second-order valence-electron chi connectivity index (χ2n) is 4.85. The monoisotopic (exact) mass is 284 g/mol. The average Bonchev–Trinajstić information content (AvgIpc) is 2.87. The van der Waals surface area contributed by atoms with Crippen LogP contribution in [0.2, 0.25) is 0 Å². The zero-order chi connectivity index (χ0) is 13.0. The van der Waals surface area contributed by atoms with E-state index in [9.17, 15) is 4.79 Å². The maximum Gasteiger partial charge on any atom is 0.260 e. The van der Waals surface area contributed by atoms with Crippen molar-refractivity contribution in [3.05, 3.63) is 30.3 Å². The molecule has 106 valence electrons. The molecule has 1 aromatic carbocycles. The number of rotatable bonds is 4. The van der Waals surface area contributed by atoms with Crippen LogP contribution in [-0.2, 0) is 4.79 Å². The Morgan fingerprint density at radius 1 is 1.47 bits per heavy atom. The lowest BCUT2D eigenvalue weighted by Crippen LogP contribution is -2.35. The second-order valence-corrected chi connectivity index (χ2v) is 4.85. The van der Waals surface area contributed by atoms with Gasteiger partial charge in [-0.05, 0) is 31.4 Å². The first-order chi connectivity index (χ1) is 8.66. The van der Waals surface area contributed by atoms with Gasteiger partial charge in [-0.3, -0.25) is 4.79 Å². The number of carbonyl (C=O) groups excluding carboxylic acids is 1. The summed E-state index contributed by atoms with van der Waals surface area (Å²) in [6.07, 6.45) is 0.995.